The Balaban J connectivity index is 2.81. The number of aromatic nitrogens is 1. The van der Waals surface area contributed by atoms with Gasteiger partial charge in [0.2, 0.25) is 0 Å². The van der Waals surface area contributed by atoms with Gasteiger partial charge >= 0.3 is 0 Å². The molecule has 0 aliphatic heterocycles. The Morgan fingerprint density at radius 2 is 2.18 bits per heavy atom. The molecular formula is C11H17F2N3O. The van der Waals surface area contributed by atoms with E-state index in [1.54, 1.807) is 7.11 Å². The van der Waals surface area contributed by atoms with Gasteiger partial charge in [0, 0.05) is 13.2 Å². The van der Waals surface area contributed by atoms with Crippen LogP contribution < -0.4 is 11.1 Å². The van der Waals surface area contributed by atoms with Crippen molar-refractivity contribution in [3.8, 4) is 0 Å². The molecule has 1 atom stereocenters. The van der Waals surface area contributed by atoms with Crippen LogP contribution in [0.1, 0.15) is 19.8 Å². The molecule has 1 heterocycles. The monoisotopic (exact) mass is 245 g/mol. The summed E-state index contributed by atoms with van der Waals surface area (Å²) in [6, 6.07) is 0.650. The minimum Gasteiger partial charge on any atom is -0.383 e. The number of nitrogens with two attached hydrogens (primary N) is 1. The van der Waals surface area contributed by atoms with E-state index in [0.29, 0.717) is 6.61 Å². The molecule has 96 valence electrons. The number of hydrogen-bond donors (Lipinski definition) is 2. The van der Waals surface area contributed by atoms with Crippen LogP contribution in [0.3, 0.4) is 0 Å². The maximum Gasteiger partial charge on any atom is 0.168 e. The highest BCUT2D eigenvalue weighted by atomic mass is 19.1. The van der Waals surface area contributed by atoms with Crippen molar-refractivity contribution < 1.29 is 13.5 Å². The first-order chi connectivity index (χ1) is 8.08. The summed E-state index contributed by atoms with van der Waals surface area (Å²) < 4.78 is 31.3. The average Bonchev–Trinajstić information content (AvgIpc) is 2.26. The van der Waals surface area contributed by atoms with Gasteiger partial charge in [-0.2, -0.15) is 0 Å². The van der Waals surface area contributed by atoms with Gasteiger partial charge in [0.25, 0.3) is 0 Å². The van der Waals surface area contributed by atoms with Crippen molar-refractivity contribution in [1.82, 2.24) is 4.98 Å². The maximum absolute atomic E-state index is 13.4. The number of methoxy groups -OCH3 is 1. The normalized spacial score (nSPS) is 12.5. The second kappa shape index (κ2) is 6.34. The molecule has 0 spiro atoms. The Kier molecular flexibility index (Phi) is 5.09. The molecule has 6 heteroatoms. The molecular weight excluding hydrogens is 228 g/mol. The van der Waals surface area contributed by atoms with E-state index in [-0.39, 0.29) is 17.7 Å². The van der Waals surface area contributed by atoms with E-state index in [1.807, 2.05) is 6.92 Å². The van der Waals surface area contributed by atoms with Gasteiger partial charge in [-0.25, -0.2) is 13.8 Å². The molecule has 0 saturated carbocycles. The Bertz CT molecular complexity index is 368. The lowest BCUT2D eigenvalue weighted by Gasteiger charge is -2.18. The zero-order valence-corrected chi connectivity index (χ0v) is 9.96. The molecule has 0 bridgehead atoms. The van der Waals surface area contributed by atoms with Crippen molar-refractivity contribution in [2.45, 2.75) is 25.8 Å². The van der Waals surface area contributed by atoms with Crippen molar-refractivity contribution in [3.63, 3.8) is 0 Å². The third-order valence-corrected chi connectivity index (χ3v) is 2.30. The van der Waals surface area contributed by atoms with E-state index in [0.717, 1.165) is 18.9 Å². The second-order valence-corrected chi connectivity index (χ2v) is 3.77. The number of nitrogen functional groups attached to an aromatic ring is 1. The average molecular weight is 245 g/mol. The van der Waals surface area contributed by atoms with Crippen LogP contribution in [0.15, 0.2) is 6.07 Å². The first kappa shape index (κ1) is 13.6. The Hall–Kier alpha value is -1.43. The third kappa shape index (κ3) is 3.81. The van der Waals surface area contributed by atoms with Gasteiger partial charge < -0.3 is 15.8 Å². The highest BCUT2D eigenvalue weighted by Crippen LogP contribution is 2.18. The van der Waals surface area contributed by atoms with Crippen LogP contribution in [-0.2, 0) is 4.74 Å². The zero-order chi connectivity index (χ0) is 12.8. The number of halogens is 2. The van der Waals surface area contributed by atoms with Gasteiger partial charge in [0.15, 0.2) is 23.3 Å². The maximum atomic E-state index is 13.4. The topological polar surface area (TPSA) is 60.2 Å². The number of rotatable bonds is 6. The summed E-state index contributed by atoms with van der Waals surface area (Å²) in [6.45, 7) is 2.43. The molecule has 0 amide bonds. The fourth-order valence-corrected chi connectivity index (χ4v) is 1.52. The smallest absolute Gasteiger partial charge is 0.168 e. The quantitative estimate of drug-likeness (QED) is 0.806. The zero-order valence-electron chi connectivity index (χ0n) is 9.96. The van der Waals surface area contributed by atoms with E-state index < -0.39 is 11.6 Å². The van der Waals surface area contributed by atoms with Crippen molar-refractivity contribution >= 4 is 11.6 Å². The first-order valence-electron chi connectivity index (χ1n) is 5.45. The van der Waals surface area contributed by atoms with Crippen LogP contribution in [0.25, 0.3) is 0 Å². The summed E-state index contributed by atoms with van der Waals surface area (Å²) in [7, 11) is 1.56. The molecule has 0 fully saturated rings. The Morgan fingerprint density at radius 1 is 1.47 bits per heavy atom. The van der Waals surface area contributed by atoms with Crippen molar-refractivity contribution in [2.75, 3.05) is 24.8 Å². The highest BCUT2D eigenvalue weighted by molar-refractivity contribution is 5.45. The molecule has 1 rings (SSSR count). The molecule has 3 N–H and O–H groups in total. The highest BCUT2D eigenvalue weighted by Gasteiger charge is 2.14. The summed E-state index contributed by atoms with van der Waals surface area (Å²) in [5.74, 6) is -1.97. The number of pyridine rings is 1. The van der Waals surface area contributed by atoms with E-state index in [2.05, 4.69) is 10.3 Å². The van der Waals surface area contributed by atoms with Gasteiger partial charge in [0.1, 0.15) is 0 Å². The summed E-state index contributed by atoms with van der Waals surface area (Å²) in [5.41, 5.74) is 5.29. The standard InChI is InChI=1S/C11H17F2N3O/c1-3-4-7(6-17-2)15-11-9(13)5-8(12)10(14)16-11/h5,7H,3-4,6H2,1-2H3,(H3,14,15,16). The summed E-state index contributed by atoms with van der Waals surface area (Å²) >= 11 is 0. The van der Waals surface area contributed by atoms with E-state index in [4.69, 9.17) is 10.5 Å². The number of nitrogens with zero attached hydrogens (tertiary/aromatic N) is 1. The van der Waals surface area contributed by atoms with Crippen molar-refractivity contribution in [2.24, 2.45) is 0 Å². The first-order valence-corrected chi connectivity index (χ1v) is 5.45. The molecule has 0 radical (unpaired) electrons. The molecule has 0 aliphatic carbocycles. The minimum atomic E-state index is -0.855. The molecule has 4 nitrogen and oxygen atoms in total. The van der Waals surface area contributed by atoms with Gasteiger partial charge in [0.05, 0.1) is 12.6 Å². The third-order valence-electron chi connectivity index (χ3n) is 2.30. The van der Waals surface area contributed by atoms with E-state index in [9.17, 15) is 8.78 Å². The molecule has 1 aromatic rings. The predicted molar refractivity (Wildman–Crippen MR) is 62.8 cm³/mol. The lowest BCUT2D eigenvalue weighted by atomic mass is 10.2. The Morgan fingerprint density at radius 3 is 2.76 bits per heavy atom. The number of hydrogen-bond acceptors (Lipinski definition) is 4. The van der Waals surface area contributed by atoms with Crippen LogP contribution >= 0.6 is 0 Å². The Labute approximate surface area is 99.2 Å². The summed E-state index contributed by atoms with van der Waals surface area (Å²) in [4.78, 5) is 3.64. The van der Waals surface area contributed by atoms with Crippen LogP contribution in [0.4, 0.5) is 20.4 Å². The molecule has 0 aromatic carbocycles. The fourth-order valence-electron chi connectivity index (χ4n) is 1.52. The lowest BCUT2D eigenvalue weighted by molar-refractivity contribution is 0.182. The van der Waals surface area contributed by atoms with Gasteiger partial charge in [-0.05, 0) is 6.42 Å². The lowest BCUT2D eigenvalue weighted by Crippen LogP contribution is -2.26. The summed E-state index contributed by atoms with van der Waals surface area (Å²) in [5, 5.41) is 2.86. The van der Waals surface area contributed by atoms with Gasteiger partial charge in [-0.3, -0.25) is 0 Å². The van der Waals surface area contributed by atoms with Gasteiger partial charge in [-0.15, -0.1) is 0 Å². The fraction of sp³-hybridized carbons (Fsp3) is 0.545. The predicted octanol–water partition coefficient (Wildman–Crippen LogP) is 2.17. The molecule has 0 saturated heterocycles. The van der Waals surface area contributed by atoms with Crippen LogP contribution in [-0.4, -0.2) is 24.7 Å². The van der Waals surface area contributed by atoms with Crippen LogP contribution in [0, 0.1) is 11.6 Å². The molecule has 17 heavy (non-hydrogen) atoms. The van der Waals surface area contributed by atoms with Crippen molar-refractivity contribution in [3.05, 3.63) is 17.7 Å². The van der Waals surface area contributed by atoms with E-state index >= 15 is 0 Å². The van der Waals surface area contributed by atoms with Crippen LogP contribution in [0.5, 0.6) is 0 Å². The number of anilines is 2. The second-order valence-electron chi connectivity index (χ2n) is 3.77. The molecule has 1 unspecified atom stereocenters. The van der Waals surface area contributed by atoms with E-state index in [1.165, 1.54) is 0 Å². The number of nitrogens with one attached hydrogen (secondary N) is 1. The van der Waals surface area contributed by atoms with Crippen molar-refractivity contribution in [1.29, 1.82) is 0 Å². The number of ether oxygens (including phenoxy) is 1. The summed E-state index contributed by atoms with van der Waals surface area (Å²) in [6.07, 6.45) is 1.71. The molecule has 1 aromatic heterocycles. The largest absolute Gasteiger partial charge is 0.383 e. The van der Waals surface area contributed by atoms with Gasteiger partial charge in [-0.1, -0.05) is 13.3 Å². The molecule has 0 aliphatic rings. The minimum absolute atomic E-state index is 0.0422. The SMILES string of the molecule is CCCC(COC)Nc1nc(N)c(F)cc1F. The van der Waals surface area contributed by atoms with Crippen LogP contribution in [0.2, 0.25) is 0 Å².